The number of nitrogens with zero attached hydrogens (tertiary/aromatic N) is 2. The Morgan fingerprint density at radius 1 is 1.25 bits per heavy atom. The standard InChI is InChI=1S/C17H29N3/c1-15(2)7-3-5-11-18-16-9-13-20(14-10-16)17-8-4-6-12-19-17/h4,6,8,12,15-16,18H,3,5,7,9-11,13-14H2,1-2H3. The molecule has 0 unspecified atom stereocenters. The van der Waals surface area contributed by atoms with E-state index < -0.39 is 0 Å². The second-order valence-electron chi connectivity index (χ2n) is 6.29. The largest absolute Gasteiger partial charge is 0.357 e. The molecule has 1 aliphatic heterocycles. The molecule has 1 fully saturated rings. The fourth-order valence-electron chi connectivity index (χ4n) is 2.84. The molecule has 3 nitrogen and oxygen atoms in total. The highest BCUT2D eigenvalue weighted by Gasteiger charge is 2.19. The zero-order chi connectivity index (χ0) is 14.2. The maximum absolute atomic E-state index is 4.44. The summed E-state index contributed by atoms with van der Waals surface area (Å²) in [6.07, 6.45) is 8.39. The third-order valence-corrected chi connectivity index (χ3v) is 4.11. The van der Waals surface area contributed by atoms with Gasteiger partial charge in [-0.2, -0.15) is 0 Å². The van der Waals surface area contributed by atoms with Gasteiger partial charge in [0.2, 0.25) is 0 Å². The highest BCUT2D eigenvalue weighted by Crippen LogP contribution is 2.17. The van der Waals surface area contributed by atoms with Gasteiger partial charge in [0.05, 0.1) is 0 Å². The summed E-state index contributed by atoms with van der Waals surface area (Å²) >= 11 is 0. The average molecular weight is 275 g/mol. The Hall–Kier alpha value is -1.09. The number of hydrogen-bond donors (Lipinski definition) is 1. The third kappa shape index (κ3) is 5.12. The summed E-state index contributed by atoms with van der Waals surface area (Å²) in [4.78, 5) is 6.84. The molecule has 0 saturated carbocycles. The van der Waals surface area contributed by atoms with E-state index in [1.54, 1.807) is 0 Å². The summed E-state index contributed by atoms with van der Waals surface area (Å²) in [5.41, 5.74) is 0. The zero-order valence-corrected chi connectivity index (χ0v) is 13.0. The van der Waals surface area contributed by atoms with Crippen LogP contribution in [0, 0.1) is 5.92 Å². The van der Waals surface area contributed by atoms with Crippen LogP contribution in [0.2, 0.25) is 0 Å². The fraction of sp³-hybridized carbons (Fsp3) is 0.706. The highest BCUT2D eigenvalue weighted by molar-refractivity contribution is 5.38. The average Bonchev–Trinajstić information content (AvgIpc) is 2.48. The van der Waals surface area contributed by atoms with Crippen LogP contribution in [0.25, 0.3) is 0 Å². The van der Waals surface area contributed by atoms with Gasteiger partial charge < -0.3 is 10.2 Å². The first-order chi connectivity index (χ1) is 9.75. The van der Waals surface area contributed by atoms with Crippen LogP contribution in [0.3, 0.4) is 0 Å². The van der Waals surface area contributed by atoms with E-state index in [0.29, 0.717) is 6.04 Å². The lowest BCUT2D eigenvalue weighted by Gasteiger charge is -2.33. The lowest BCUT2D eigenvalue weighted by Crippen LogP contribution is -2.43. The summed E-state index contributed by atoms with van der Waals surface area (Å²) in [5.74, 6) is 1.97. The molecule has 2 rings (SSSR count). The van der Waals surface area contributed by atoms with Crippen molar-refractivity contribution < 1.29 is 0 Å². The molecular formula is C17H29N3. The molecule has 0 aliphatic carbocycles. The molecule has 1 aromatic rings. The molecule has 1 saturated heterocycles. The first-order valence-electron chi connectivity index (χ1n) is 8.15. The van der Waals surface area contributed by atoms with Gasteiger partial charge in [0.1, 0.15) is 5.82 Å². The molecule has 1 aliphatic rings. The molecule has 1 N–H and O–H groups in total. The zero-order valence-electron chi connectivity index (χ0n) is 13.0. The number of hydrogen-bond acceptors (Lipinski definition) is 3. The van der Waals surface area contributed by atoms with E-state index in [-0.39, 0.29) is 0 Å². The van der Waals surface area contributed by atoms with E-state index in [9.17, 15) is 0 Å². The van der Waals surface area contributed by atoms with Gasteiger partial charge >= 0.3 is 0 Å². The van der Waals surface area contributed by atoms with Gasteiger partial charge in [0.25, 0.3) is 0 Å². The summed E-state index contributed by atoms with van der Waals surface area (Å²) in [6.45, 7) is 8.05. The second-order valence-corrected chi connectivity index (χ2v) is 6.29. The minimum atomic E-state index is 0.703. The smallest absolute Gasteiger partial charge is 0.128 e. The number of nitrogens with one attached hydrogen (secondary N) is 1. The van der Waals surface area contributed by atoms with Gasteiger partial charge in [0.15, 0.2) is 0 Å². The van der Waals surface area contributed by atoms with Crippen molar-refractivity contribution >= 4 is 5.82 Å². The van der Waals surface area contributed by atoms with E-state index >= 15 is 0 Å². The minimum absolute atomic E-state index is 0.703. The summed E-state index contributed by atoms with van der Waals surface area (Å²) in [5, 5.41) is 3.72. The van der Waals surface area contributed by atoms with E-state index in [4.69, 9.17) is 0 Å². The van der Waals surface area contributed by atoms with Crippen molar-refractivity contribution in [3.8, 4) is 0 Å². The Balaban J connectivity index is 1.60. The highest BCUT2D eigenvalue weighted by atomic mass is 15.2. The monoisotopic (exact) mass is 275 g/mol. The molecule has 0 bridgehead atoms. The lowest BCUT2D eigenvalue weighted by atomic mass is 10.0. The van der Waals surface area contributed by atoms with Crippen LogP contribution in [-0.2, 0) is 0 Å². The molecule has 20 heavy (non-hydrogen) atoms. The minimum Gasteiger partial charge on any atom is -0.357 e. The van der Waals surface area contributed by atoms with Crippen LogP contribution in [0.1, 0.15) is 46.0 Å². The number of rotatable bonds is 7. The van der Waals surface area contributed by atoms with Crippen LogP contribution in [0.4, 0.5) is 5.82 Å². The first kappa shape index (κ1) is 15.3. The van der Waals surface area contributed by atoms with Gasteiger partial charge in [-0.1, -0.05) is 32.8 Å². The van der Waals surface area contributed by atoms with Crippen molar-refractivity contribution in [1.29, 1.82) is 0 Å². The van der Waals surface area contributed by atoms with Gasteiger partial charge in [-0.25, -0.2) is 4.98 Å². The molecule has 0 atom stereocenters. The number of piperidine rings is 1. The Kier molecular flexibility index (Phi) is 6.31. The van der Waals surface area contributed by atoms with Crippen LogP contribution < -0.4 is 10.2 Å². The van der Waals surface area contributed by atoms with Gasteiger partial charge in [-0.3, -0.25) is 0 Å². The molecule has 1 aromatic heterocycles. The maximum atomic E-state index is 4.44. The van der Waals surface area contributed by atoms with Crippen molar-refractivity contribution in [1.82, 2.24) is 10.3 Å². The van der Waals surface area contributed by atoms with Crippen LogP contribution in [-0.4, -0.2) is 30.7 Å². The van der Waals surface area contributed by atoms with E-state index in [2.05, 4.69) is 41.2 Å². The third-order valence-electron chi connectivity index (χ3n) is 4.11. The molecule has 2 heterocycles. The quantitative estimate of drug-likeness (QED) is 0.772. The van der Waals surface area contributed by atoms with Crippen molar-refractivity contribution in [3.63, 3.8) is 0 Å². The van der Waals surface area contributed by atoms with Crippen molar-refractivity contribution in [3.05, 3.63) is 24.4 Å². The number of aromatic nitrogens is 1. The maximum Gasteiger partial charge on any atom is 0.128 e. The number of anilines is 1. The summed E-state index contributed by atoms with van der Waals surface area (Å²) < 4.78 is 0. The predicted octanol–water partition coefficient (Wildman–Crippen LogP) is 3.47. The fourth-order valence-corrected chi connectivity index (χ4v) is 2.84. The molecule has 0 aromatic carbocycles. The Morgan fingerprint density at radius 2 is 2.05 bits per heavy atom. The molecular weight excluding hydrogens is 246 g/mol. The van der Waals surface area contributed by atoms with E-state index in [0.717, 1.165) is 24.8 Å². The Morgan fingerprint density at radius 3 is 2.70 bits per heavy atom. The summed E-state index contributed by atoms with van der Waals surface area (Å²) in [6, 6.07) is 6.87. The van der Waals surface area contributed by atoms with Gasteiger partial charge in [-0.15, -0.1) is 0 Å². The van der Waals surface area contributed by atoms with Crippen molar-refractivity contribution in [2.45, 2.75) is 52.0 Å². The first-order valence-corrected chi connectivity index (χ1v) is 8.15. The predicted molar refractivity (Wildman–Crippen MR) is 86.2 cm³/mol. The lowest BCUT2D eigenvalue weighted by molar-refractivity contribution is 0.404. The number of unbranched alkanes of at least 4 members (excludes halogenated alkanes) is 1. The van der Waals surface area contributed by atoms with Crippen molar-refractivity contribution in [2.24, 2.45) is 5.92 Å². The second kappa shape index (κ2) is 8.25. The van der Waals surface area contributed by atoms with Crippen LogP contribution >= 0.6 is 0 Å². The van der Waals surface area contributed by atoms with Crippen LogP contribution in [0.15, 0.2) is 24.4 Å². The Bertz CT molecular complexity index is 356. The summed E-state index contributed by atoms with van der Waals surface area (Å²) in [7, 11) is 0. The molecule has 0 radical (unpaired) electrons. The number of pyridine rings is 1. The van der Waals surface area contributed by atoms with Gasteiger partial charge in [0, 0.05) is 25.3 Å². The molecule has 0 amide bonds. The van der Waals surface area contributed by atoms with E-state index in [1.165, 1.54) is 38.6 Å². The SMILES string of the molecule is CC(C)CCCCNC1CCN(c2ccccn2)CC1. The van der Waals surface area contributed by atoms with E-state index in [1.807, 2.05) is 12.3 Å². The normalized spacial score (nSPS) is 16.9. The van der Waals surface area contributed by atoms with Crippen LogP contribution in [0.5, 0.6) is 0 Å². The van der Waals surface area contributed by atoms with Gasteiger partial charge in [-0.05, 0) is 43.9 Å². The molecule has 0 spiro atoms. The molecule has 112 valence electrons. The topological polar surface area (TPSA) is 28.2 Å². The van der Waals surface area contributed by atoms with Crippen molar-refractivity contribution in [2.75, 3.05) is 24.5 Å². The Labute approximate surface area is 123 Å². The molecule has 3 heteroatoms.